The summed E-state index contributed by atoms with van der Waals surface area (Å²) in [5.74, 6) is 0.521. The van der Waals surface area contributed by atoms with Gasteiger partial charge in [-0.3, -0.25) is 0 Å². The van der Waals surface area contributed by atoms with Gasteiger partial charge in [0.1, 0.15) is 4.90 Å². The van der Waals surface area contributed by atoms with E-state index in [2.05, 4.69) is 39.8 Å². The van der Waals surface area contributed by atoms with Crippen LogP contribution in [0, 0.1) is 5.92 Å². The molecule has 1 aromatic rings. The van der Waals surface area contributed by atoms with E-state index in [-0.39, 0.29) is 6.04 Å². The zero-order valence-electron chi connectivity index (χ0n) is 12.5. The van der Waals surface area contributed by atoms with Gasteiger partial charge in [-0.25, -0.2) is 13.1 Å². The molecule has 2 unspecified atom stereocenters. The van der Waals surface area contributed by atoms with Gasteiger partial charge in [0, 0.05) is 17.5 Å². The Morgan fingerprint density at radius 2 is 2.14 bits per heavy atom. The van der Waals surface area contributed by atoms with Gasteiger partial charge in [0.2, 0.25) is 10.0 Å². The fraction of sp³-hybridized carbons (Fsp3) is 0.714. The quantitative estimate of drug-likeness (QED) is 0.630. The average molecular weight is 395 g/mol. The maximum absolute atomic E-state index is 12.4. The standard InChI is InChI=1S/C14H23BrN2O2S2/c1-3-5-10-7-12(10)17-21(18,19)13-8-11(20-14(13)15)9-16-6-4-2/h8,10,12,16-17H,3-7,9H2,1-2H3. The summed E-state index contributed by atoms with van der Waals surface area (Å²) in [6.45, 7) is 5.90. The maximum Gasteiger partial charge on any atom is 0.242 e. The van der Waals surface area contributed by atoms with E-state index in [0.717, 1.165) is 37.1 Å². The molecule has 0 amide bonds. The zero-order chi connectivity index (χ0) is 15.5. The van der Waals surface area contributed by atoms with Crippen molar-refractivity contribution in [3.8, 4) is 0 Å². The Morgan fingerprint density at radius 3 is 2.81 bits per heavy atom. The summed E-state index contributed by atoms with van der Waals surface area (Å²) in [5.41, 5.74) is 0. The van der Waals surface area contributed by atoms with Gasteiger partial charge in [-0.2, -0.15) is 0 Å². The molecule has 0 bridgehead atoms. The Hall–Kier alpha value is 0.0500. The highest BCUT2D eigenvalue weighted by atomic mass is 79.9. The van der Waals surface area contributed by atoms with Crippen LogP contribution in [0.3, 0.4) is 0 Å². The first-order valence-corrected chi connectivity index (χ1v) is 10.6. The molecule has 4 nitrogen and oxygen atoms in total. The summed E-state index contributed by atoms with van der Waals surface area (Å²) in [4.78, 5) is 1.42. The second kappa shape index (κ2) is 7.55. The molecule has 120 valence electrons. The molecule has 1 aliphatic rings. The van der Waals surface area contributed by atoms with Crippen LogP contribution in [0.15, 0.2) is 14.7 Å². The van der Waals surface area contributed by atoms with E-state index in [1.54, 1.807) is 6.07 Å². The number of hydrogen-bond donors (Lipinski definition) is 2. The highest BCUT2D eigenvalue weighted by molar-refractivity contribution is 9.11. The van der Waals surface area contributed by atoms with E-state index in [1.165, 1.54) is 11.3 Å². The Morgan fingerprint density at radius 1 is 1.38 bits per heavy atom. The van der Waals surface area contributed by atoms with Crippen LogP contribution in [0.5, 0.6) is 0 Å². The SMILES string of the molecule is CCCNCc1cc(S(=O)(=O)NC2CC2CCC)c(Br)s1. The predicted molar refractivity (Wildman–Crippen MR) is 91.1 cm³/mol. The largest absolute Gasteiger partial charge is 0.312 e. The number of halogens is 1. The van der Waals surface area contributed by atoms with Crippen molar-refractivity contribution in [2.45, 2.75) is 57.0 Å². The zero-order valence-corrected chi connectivity index (χ0v) is 15.7. The van der Waals surface area contributed by atoms with Crippen LogP contribution in [-0.4, -0.2) is 21.0 Å². The van der Waals surface area contributed by atoms with Crippen molar-refractivity contribution in [2.24, 2.45) is 5.92 Å². The van der Waals surface area contributed by atoms with E-state index in [4.69, 9.17) is 0 Å². The average Bonchev–Trinajstić information content (AvgIpc) is 2.99. The molecule has 21 heavy (non-hydrogen) atoms. The van der Waals surface area contributed by atoms with Gasteiger partial charge in [0.25, 0.3) is 0 Å². The Bertz CT molecular complexity index is 572. The molecule has 7 heteroatoms. The summed E-state index contributed by atoms with van der Waals surface area (Å²) in [7, 11) is -3.40. The number of thiophene rings is 1. The van der Waals surface area contributed by atoms with Gasteiger partial charge in [0.05, 0.1) is 3.79 Å². The second-order valence-electron chi connectivity index (χ2n) is 5.54. The smallest absolute Gasteiger partial charge is 0.242 e. The van der Waals surface area contributed by atoms with Crippen molar-refractivity contribution in [1.29, 1.82) is 0 Å². The predicted octanol–water partition coefficient (Wildman–Crippen LogP) is 3.48. The Kier molecular flexibility index (Phi) is 6.25. The molecular weight excluding hydrogens is 372 g/mol. The first kappa shape index (κ1) is 17.4. The van der Waals surface area contributed by atoms with Crippen LogP contribution in [-0.2, 0) is 16.6 Å². The van der Waals surface area contributed by atoms with Crippen molar-refractivity contribution in [3.05, 3.63) is 14.7 Å². The minimum atomic E-state index is -3.40. The van der Waals surface area contributed by atoms with E-state index in [0.29, 0.717) is 21.1 Å². The molecule has 2 N–H and O–H groups in total. The molecule has 0 radical (unpaired) electrons. The molecule has 1 aliphatic carbocycles. The van der Waals surface area contributed by atoms with Gasteiger partial charge in [-0.05, 0) is 53.7 Å². The molecular formula is C14H23BrN2O2S2. The normalized spacial score (nSPS) is 21.7. The molecule has 0 aliphatic heterocycles. The summed E-state index contributed by atoms with van der Waals surface area (Å²) in [5, 5.41) is 3.29. The second-order valence-corrected chi connectivity index (χ2v) is 9.68. The van der Waals surface area contributed by atoms with Gasteiger partial charge < -0.3 is 5.32 Å². The van der Waals surface area contributed by atoms with Crippen molar-refractivity contribution in [3.63, 3.8) is 0 Å². The lowest BCUT2D eigenvalue weighted by Gasteiger charge is -2.05. The molecule has 2 atom stereocenters. The highest BCUT2D eigenvalue weighted by Gasteiger charge is 2.39. The molecule has 0 aromatic carbocycles. The van der Waals surface area contributed by atoms with Crippen LogP contribution < -0.4 is 10.0 Å². The van der Waals surface area contributed by atoms with Crippen LogP contribution in [0.1, 0.15) is 44.4 Å². The molecule has 1 heterocycles. The fourth-order valence-corrected chi connectivity index (χ4v) is 6.37. The van der Waals surface area contributed by atoms with Gasteiger partial charge >= 0.3 is 0 Å². The Balaban J connectivity index is 1.99. The summed E-state index contributed by atoms with van der Waals surface area (Å²) >= 11 is 4.87. The highest BCUT2D eigenvalue weighted by Crippen LogP contribution is 2.37. The van der Waals surface area contributed by atoms with Crippen molar-refractivity contribution >= 4 is 37.3 Å². The summed E-state index contributed by atoms with van der Waals surface area (Å²) in [6, 6.07) is 1.90. The number of nitrogens with one attached hydrogen (secondary N) is 2. The van der Waals surface area contributed by atoms with Gasteiger partial charge in [-0.1, -0.05) is 20.3 Å². The topological polar surface area (TPSA) is 58.2 Å². The fourth-order valence-electron chi connectivity index (χ4n) is 2.40. The number of hydrogen-bond acceptors (Lipinski definition) is 4. The minimum Gasteiger partial charge on any atom is -0.312 e. The molecule has 0 saturated heterocycles. The molecule has 1 fully saturated rings. The number of rotatable bonds is 9. The molecule has 0 spiro atoms. The lowest BCUT2D eigenvalue weighted by molar-refractivity contribution is 0.573. The van der Waals surface area contributed by atoms with E-state index in [1.807, 2.05) is 0 Å². The summed E-state index contributed by atoms with van der Waals surface area (Å²) < 4.78 is 28.4. The van der Waals surface area contributed by atoms with Crippen molar-refractivity contribution in [2.75, 3.05) is 6.54 Å². The van der Waals surface area contributed by atoms with Gasteiger partial charge in [-0.15, -0.1) is 11.3 Å². The van der Waals surface area contributed by atoms with Crippen molar-refractivity contribution in [1.82, 2.24) is 10.0 Å². The van der Waals surface area contributed by atoms with Crippen LogP contribution in [0.2, 0.25) is 0 Å². The van der Waals surface area contributed by atoms with Crippen LogP contribution in [0.4, 0.5) is 0 Å². The third-order valence-electron chi connectivity index (χ3n) is 3.61. The van der Waals surface area contributed by atoms with Gasteiger partial charge in [0.15, 0.2) is 0 Å². The van der Waals surface area contributed by atoms with E-state index < -0.39 is 10.0 Å². The van der Waals surface area contributed by atoms with Crippen LogP contribution in [0.25, 0.3) is 0 Å². The first-order chi connectivity index (χ1) is 9.97. The van der Waals surface area contributed by atoms with Crippen LogP contribution >= 0.6 is 27.3 Å². The minimum absolute atomic E-state index is 0.128. The molecule has 1 aromatic heterocycles. The summed E-state index contributed by atoms with van der Waals surface area (Å²) in [6.07, 6.45) is 4.25. The molecule has 1 saturated carbocycles. The third-order valence-corrected chi connectivity index (χ3v) is 7.35. The Labute approximate surface area is 139 Å². The lowest BCUT2D eigenvalue weighted by Crippen LogP contribution is -2.27. The number of sulfonamides is 1. The molecule has 2 rings (SSSR count). The van der Waals surface area contributed by atoms with Crippen molar-refractivity contribution < 1.29 is 8.42 Å². The first-order valence-electron chi connectivity index (χ1n) is 7.49. The van der Waals surface area contributed by atoms with E-state index in [9.17, 15) is 8.42 Å². The van der Waals surface area contributed by atoms with E-state index >= 15 is 0 Å². The third kappa shape index (κ3) is 4.76. The lowest BCUT2D eigenvalue weighted by atomic mass is 10.2. The maximum atomic E-state index is 12.4. The monoisotopic (exact) mass is 394 g/mol.